The zero-order valence-corrected chi connectivity index (χ0v) is 13.1. The molecule has 1 heterocycles. The topological polar surface area (TPSA) is 56.9 Å². The smallest absolute Gasteiger partial charge is 0.208 e. The lowest BCUT2D eigenvalue weighted by atomic mass is 9.96. The number of hydrazine groups is 1. The fraction of sp³-hybridized carbons (Fsp3) is 0.933. The van der Waals surface area contributed by atoms with Gasteiger partial charge in [0.25, 0.3) is 0 Å². The number of likely N-dealkylation sites (N-methyl/N-ethyl adjacent to an activating group) is 1. The lowest BCUT2D eigenvalue weighted by Crippen LogP contribution is -2.51. The normalized spacial score (nSPS) is 27.4. The van der Waals surface area contributed by atoms with Gasteiger partial charge in [-0.1, -0.05) is 26.2 Å². The maximum Gasteiger partial charge on any atom is 0.208 e. The van der Waals surface area contributed by atoms with Crippen LogP contribution in [0.2, 0.25) is 0 Å². The molecule has 2 aliphatic rings. The zero-order chi connectivity index (χ0) is 14.4. The van der Waals surface area contributed by atoms with Gasteiger partial charge in [-0.3, -0.25) is 5.43 Å². The molecule has 1 aliphatic carbocycles. The van der Waals surface area contributed by atoms with Gasteiger partial charge in [-0.25, -0.2) is 10.8 Å². The molecule has 1 aliphatic heterocycles. The van der Waals surface area contributed by atoms with Crippen LogP contribution in [0.4, 0.5) is 0 Å². The van der Waals surface area contributed by atoms with Crippen LogP contribution >= 0.6 is 0 Å². The van der Waals surface area contributed by atoms with Gasteiger partial charge in [-0.2, -0.15) is 0 Å². The summed E-state index contributed by atoms with van der Waals surface area (Å²) < 4.78 is 0. The van der Waals surface area contributed by atoms with Crippen LogP contribution < -0.4 is 11.3 Å². The van der Waals surface area contributed by atoms with Gasteiger partial charge in [0.1, 0.15) is 0 Å². The van der Waals surface area contributed by atoms with Crippen LogP contribution in [0, 0.1) is 0 Å². The Morgan fingerprint density at radius 1 is 1.20 bits per heavy atom. The van der Waals surface area contributed by atoms with Crippen LogP contribution in [0.5, 0.6) is 0 Å². The number of guanidine groups is 1. The van der Waals surface area contributed by atoms with E-state index in [9.17, 15) is 0 Å². The van der Waals surface area contributed by atoms with Crippen molar-refractivity contribution < 1.29 is 0 Å². The number of rotatable bonds is 2. The highest BCUT2D eigenvalue weighted by Crippen LogP contribution is 2.21. The molecule has 0 spiro atoms. The van der Waals surface area contributed by atoms with Crippen LogP contribution in [0.1, 0.15) is 51.9 Å². The molecule has 5 nitrogen and oxygen atoms in total. The van der Waals surface area contributed by atoms with Gasteiger partial charge in [0.05, 0.1) is 6.04 Å². The molecule has 2 fully saturated rings. The Hall–Kier alpha value is -0.810. The maximum absolute atomic E-state index is 5.79. The molecular weight excluding hydrogens is 250 g/mol. The predicted molar refractivity (Wildman–Crippen MR) is 84.5 cm³/mol. The van der Waals surface area contributed by atoms with Crippen LogP contribution in [0.3, 0.4) is 0 Å². The Bertz CT molecular complexity index is 311. The Labute approximate surface area is 123 Å². The summed E-state index contributed by atoms with van der Waals surface area (Å²) in [5.41, 5.74) is 2.88. The van der Waals surface area contributed by atoms with Crippen molar-refractivity contribution >= 4 is 5.96 Å². The van der Waals surface area contributed by atoms with Crippen molar-refractivity contribution in [1.82, 2.24) is 15.2 Å². The lowest BCUT2D eigenvalue weighted by Gasteiger charge is -2.33. The molecular formula is C15H31N5. The minimum atomic E-state index is 0.466. The first kappa shape index (κ1) is 15.6. The molecule has 1 saturated heterocycles. The molecule has 116 valence electrons. The van der Waals surface area contributed by atoms with Crippen molar-refractivity contribution in [2.75, 3.05) is 26.7 Å². The van der Waals surface area contributed by atoms with E-state index in [1.165, 1.54) is 38.5 Å². The van der Waals surface area contributed by atoms with Gasteiger partial charge in [-0.05, 0) is 39.3 Å². The van der Waals surface area contributed by atoms with E-state index in [1.807, 2.05) is 0 Å². The molecule has 2 rings (SSSR count). The van der Waals surface area contributed by atoms with Gasteiger partial charge in [0, 0.05) is 19.1 Å². The van der Waals surface area contributed by atoms with Crippen LogP contribution in [-0.2, 0) is 0 Å². The molecule has 0 aromatic heterocycles. The van der Waals surface area contributed by atoms with E-state index in [-0.39, 0.29) is 0 Å². The largest absolute Gasteiger partial charge is 0.338 e. The highest BCUT2D eigenvalue weighted by Gasteiger charge is 2.25. The summed E-state index contributed by atoms with van der Waals surface area (Å²) in [6, 6.07) is 0.981. The van der Waals surface area contributed by atoms with Crippen molar-refractivity contribution in [1.29, 1.82) is 0 Å². The van der Waals surface area contributed by atoms with Crippen molar-refractivity contribution in [3.63, 3.8) is 0 Å². The van der Waals surface area contributed by atoms with Crippen LogP contribution in [-0.4, -0.2) is 54.5 Å². The van der Waals surface area contributed by atoms with Gasteiger partial charge < -0.3 is 9.80 Å². The molecule has 0 aromatic rings. The zero-order valence-electron chi connectivity index (χ0n) is 13.1. The summed E-state index contributed by atoms with van der Waals surface area (Å²) in [5.74, 6) is 6.70. The Kier molecular flexibility index (Phi) is 6.10. The van der Waals surface area contributed by atoms with Gasteiger partial charge in [0.15, 0.2) is 0 Å². The third-order valence-corrected chi connectivity index (χ3v) is 4.65. The van der Waals surface area contributed by atoms with Gasteiger partial charge in [0.2, 0.25) is 5.96 Å². The molecule has 1 atom stereocenters. The van der Waals surface area contributed by atoms with Crippen molar-refractivity contribution in [3.8, 4) is 0 Å². The first-order chi connectivity index (χ1) is 9.74. The van der Waals surface area contributed by atoms with Crippen LogP contribution in [0.15, 0.2) is 4.99 Å². The summed E-state index contributed by atoms with van der Waals surface area (Å²) in [5, 5.41) is 0. The Morgan fingerprint density at radius 3 is 2.60 bits per heavy atom. The standard InChI is InChI=1S/C15H31N5/c1-3-14-12-19(2)10-7-11-20(14)15(18-16)17-13-8-5-4-6-9-13/h13-14H,3-12,16H2,1-2H3,(H,17,18). The SMILES string of the molecule is CCC1CN(C)CCCN1C(=NC1CCCCC1)NN. The number of hydrogen-bond acceptors (Lipinski definition) is 3. The Balaban J connectivity index is 2.08. The summed E-state index contributed by atoms with van der Waals surface area (Å²) in [6.07, 6.45) is 8.74. The molecule has 3 N–H and O–H groups in total. The second-order valence-corrected chi connectivity index (χ2v) is 6.26. The van der Waals surface area contributed by atoms with Crippen molar-refractivity contribution in [2.45, 2.75) is 64.0 Å². The minimum absolute atomic E-state index is 0.466. The van der Waals surface area contributed by atoms with Crippen molar-refractivity contribution in [3.05, 3.63) is 0 Å². The quantitative estimate of drug-likeness (QED) is 0.349. The van der Waals surface area contributed by atoms with E-state index in [4.69, 9.17) is 10.8 Å². The molecule has 1 unspecified atom stereocenters. The average Bonchev–Trinajstić information content (AvgIpc) is 2.67. The van der Waals surface area contributed by atoms with Gasteiger partial charge >= 0.3 is 0 Å². The number of nitrogens with zero attached hydrogens (tertiary/aromatic N) is 3. The highest BCUT2D eigenvalue weighted by atomic mass is 15.4. The summed E-state index contributed by atoms with van der Waals surface area (Å²) in [4.78, 5) is 9.75. The van der Waals surface area contributed by atoms with E-state index in [0.29, 0.717) is 12.1 Å². The second-order valence-electron chi connectivity index (χ2n) is 6.26. The molecule has 20 heavy (non-hydrogen) atoms. The molecule has 5 heteroatoms. The average molecular weight is 281 g/mol. The maximum atomic E-state index is 5.79. The highest BCUT2D eigenvalue weighted by molar-refractivity contribution is 5.80. The van der Waals surface area contributed by atoms with E-state index in [2.05, 4.69) is 29.2 Å². The first-order valence-corrected chi connectivity index (χ1v) is 8.24. The summed E-state index contributed by atoms with van der Waals surface area (Å²) in [6.45, 7) is 5.57. The molecule has 0 radical (unpaired) electrons. The number of nitrogens with two attached hydrogens (primary N) is 1. The number of nitrogens with one attached hydrogen (secondary N) is 1. The minimum Gasteiger partial charge on any atom is -0.338 e. The van der Waals surface area contributed by atoms with E-state index in [1.54, 1.807) is 0 Å². The monoisotopic (exact) mass is 281 g/mol. The molecule has 0 bridgehead atoms. The predicted octanol–water partition coefficient (Wildman–Crippen LogP) is 1.55. The second kappa shape index (κ2) is 7.84. The third kappa shape index (κ3) is 4.09. The van der Waals surface area contributed by atoms with E-state index in [0.717, 1.165) is 32.0 Å². The number of hydrogen-bond donors (Lipinski definition) is 2. The summed E-state index contributed by atoms with van der Waals surface area (Å²) >= 11 is 0. The van der Waals surface area contributed by atoms with Crippen molar-refractivity contribution in [2.24, 2.45) is 10.8 Å². The van der Waals surface area contributed by atoms with E-state index < -0.39 is 0 Å². The Morgan fingerprint density at radius 2 is 1.95 bits per heavy atom. The number of aliphatic imine (C=N–C) groups is 1. The molecule has 0 amide bonds. The first-order valence-electron chi connectivity index (χ1n) is 8.24. The lowest BCUT2D eigenvalue weighted by molar-refractivity contribution is 0.257. The van der Waals surface area contributed by atoms with Gasteiger partial charge in [-0.15, -0.1) is 0 Å². The molecule has 1 saturated carbocycles. The third-order valence-electron chi connectivity index (χ3n) is 4.65. The fourth-order valence-corrected chi connectivity index (χ4v) is 3.45. The molecule has 0 aromatic carbocycles. The summed E-state index contributed by atoms with van der Waals surface area (Å²) in [7, 11) is 2.21. The van der Waals surface area contributed by atoms with E-state index >= 15 is 0 Å². The van der Waals surface area contributed by atoms with Crippen LogP contribution in [0.25, 0.3) is 0 Å². The fourth-order valence-electron chi connectivity index (χ4n) is 3.45.